The van der Waals surface area contributed by atoms with Crippen LogP contribution in [0.5, 0.6) is 0 Å². The van der Waals surface area contributed by atoms with E-state index in [-0.39, 0.29) is 22.4 Å². The Bertz CT molecular complexity index is 642. The molecule has 6 atom stereocenters. The fourth-order valence-electron chi connectivity index (χ4n) is 3.27. The number of benzene rings is 1. The summed E-state index contributed by atoms with van der Waals surface area (Å²) in [7, 11) is 1.51. The van der Waals surface area contributed by atoms with Gasteiger partial charge in [0.1, 0.15) is 12.2 Å². The molecule has 0 aromatic heterocycles. The summed E-state index contributed by atoms with van der Waals surface area (Å²) in [6.45, 7) is 3.23. The van der Waals surface area contributed by atoms with E-state index in [1.54, 1.807) is 0 Å². The van der Waals surface area contributed by atoms with Crippen LogP contribution < -0.4 is 5.32 Å². The van der Waals surface area contributed by atoms with E-state index >= 15 is 0 Å². The Hall–Kier alpha value is -1.45. The second-order valence-electron chi connectivity index (χ2n) is 6.26. The summed E-state index contributed by atoms with van der Waals surface area (Å²) in [5.74, 6) is -0.222. The lowest BCUT2D eigenvalue weighted by Crippen LogP contribution is -2.65. The lowest BCUT2D eigenvalue weighted by Gasteiger charge is -2.48. The zero-order valence-corrected chi connectivity index (χ0v) is 15.7. The first-order chi connectivity index (χ1) is 12.5. The highest BCUT2D eigenvalue weighted by Gasteiger charge is 2.51. The lowest BCUT2D eigenvalue weighted by atomic mass is 9.98. The van der Waals surface area contributed by atoms with Crippen molar-refractivity contribution in [3.63, 3.8) is 0 Å². The van der Waals surface area contributed by atoms with Crippen LogP contribution in [0.2, 0.25) is 0 Å². The second kappa shape index (κ2) is 8.49. The highest BCUT2D eigenvalue weighted by Crippen LogP contribution is 2.39. The molecule has 0 spiro atoms. The molecule has 2 heterocycles. The Labute approximate surface area is 156 Å². The molecule has 0 saturated carbocycles. The maximum Gasteiger partial charge on any atom is 0.217 e. The predicted octanol–water partition coefficient (Wildman–Crippen LogP) is 1.62. The molecule has 1 amide bonds. The molecule has 2 aliphatic rings. The predicted molar refractivity (Wildman–Crippen MR) is 95.3 cm³/mol. The molecule has 2 aliphatic heterocycles. The molecule has 2 saturated heterocycles. The number of methoxy groups -OCH3 is 1. The van der Waals surface area contributed by atoms with Gasteiger partial charge >= 0.3 is 0 Å². The maximum atomic E-state index is 11.8. The zero-order chi connectivity index (χ0) is 18.7. The van der Waals surface area contributed by atoms with Gasteiger partial charge in [-0.2, -0.15) is 0 Å². The number of rotatable bonds is 4. The first-order valence-corrected chi connectivity index (χ1v) is 9.32. The van der Waals surface area contributed by atoms with Crippen LogP contribution in [-0.4, -0.2) is 54.5 Å². The molecule has 26 heavy (non-hydrogen) atoms. The normalized spacial score (nSPS) is 34.0. The zero-order valence-electron chi connectivity index (χ0n) is 14.9. The van der Waals surface area contributed by atoms with Gasteiger partial charge in [-0.25, -0.2) is 0 Å². The van der Waals surface area contributed by atoms with Gasteiger partial charge in [0.15, 0.2) is 17.7 Å². The monoisotopic (exact) mass is 381 g/mol. The van der Waals surface area contributed by atoms with Crippen molar-refractivity contribution in [1.82, 2.24) is 5.32 Å². The van der Waals surface area contributed by atoms with E-state index in [0.717, 1.165) is 17.3 Å². The Morgan fingerprint density at radius 1 is 1.19 bits per heavy atom. The third-order valence-electron chi connectivity index (χ3n) is 4.31. The van der Waals surface area contributed by atoms with E-state index in [1.165, 1.54) is 21.0 Å². The van der Waals surface area contributed by atoms with Crippen LogP contribution in [0, 0.1) is 0 Å². The minimum Gasteiger partial charge on any atom is -0.354 e. The van der Waals surface area contributed by atoms with Gasteiger partial charge in [0.05, 0.1) is 17.9 Å². The fourth-order valence-corrected chi connectivity index (χ4v) is 4.37. The molecule has 0 radical (unpaired) electrons. The smallest absolute Gasteiger partial charge is 0.217 e. The van der Waals surface area contributed by atoms with E-state index in [9.17, 15) is 9.59 Å². The van der Waals surface area contributed by atoms with Crippen molar-refractivity contribution in [2.24, 2.45) is 0 Å². The summed E-state index contributed by atoms with van der Waals surface area (Å²) in [5.41, 5.74) is 0.891. The quantitative estimate of drug-likeness (QED) is 0.849. The summed E-state index contributed by atoms with van der Waals surface area (Å²) in [4.78, 5) is 23.5. The van der Waals surface area contributed by atoms with Crippen LogP contribution in [-0.2, 0) is 28.5 Å². The number of nitrogens with one attached hydrogen (secondary N) is 1. The van der Waals surface area contributed by atoms with Crippen LogP contribution in [0.25, 0.3) is 0 Å². The van der Waals surface area contributed by atoms with Gasteiger partial charge in [0.2, 0.25) is 5.91 Å². The molecule has 1 aromatic rings. The largest absolute Gasteiger partial charge is 0.354 e. The Morgan fingerprint density at radius 3 is 2.54 bits per heavy atom. The molecular formula is C18H23NO6S. The standard InChI is InChI=1S/C18H23NO6S/c1-10(20)19-14-16(26-11(2)21)15-13(24-18(14)22-3)9-23-17(25-15)12-7-5-4-6-8-12/h4-8,13-18H,9H2,1-3H3,(H,19,20)/t13-,14-,15-,16+,17?,18-/m1/s1. The van der Waals surface area contributed by atoms with E-state index in [0.29, 0.717) is 6.61 Å². The number of hydrogen-bond acceptors (Lipinski definition) is 7. The van der Waals surface area contributed by atoms with Crippen molar-refractivity contribution >= 4 is 22.8 Å². The minimum atomic E-state index is -0.683. The highest BCUT2D eigenvalue weighted by atomic mass is 32.2. The number of carbonyl (C=O) groups excluding carboxylic acids is 2. The van der Waals surface area contributed by atoms with Crippen molar-refractivity contribution in [1.29, 1.82) is 0 Å². The van der Waals surface area contributed by atoms with Crippen LogP contribution in [0.15, 0.2) is 30.3 Å². The molecule has 2 fully saturated rings. The van der Waals surface area contributed by atoms with Crippen LogP contribution in [0.4, 0.5) is 0 Å². The van der Waals surface area contributed by atoms with Crippen molar-refractivity contribution < 1.29 is 28.5 Å². The highest BCUT2D eigenvalue weighted by molar-refractivity contribution is 8.14. The molecule has 7 nitrogen and oxygen atoms in total. The van der Waals surface area contributed by atoms with Crippen molar-refractivity contribution in [2.45, 2.75) is 49.9 Å². The summed E-state index contributed by atoms with van der Waals surface area (Å²) in [6, 6.07) is 9.07. The molecule has 0 aliphatic carbocycles. The summed E-state index contributed by atoms with van der Waals surface area (Å²) >= 11 is 1.13. The van der Waals surface area contributed by atoms with Crippen LogP contribution >= 0.6 is 11.8 Å². The molecular weight excluding hydrogens is 358 g/mol. The van der Waals surface area contributed by atoms with Gasteiger partial charge in [-0.3, -0.25) is 9.59 Å². The van der Waals surface area contributed by atoms with Gasteiger partial charge < -0.3 is 24.3 Å². The summed E-state index contributed by atoms with van der Waals surface area (Å²) < 4.78 is 23.3. The Morgan fingerprint density at radius 2 is 1.92 bits per heavy atom. The minimum absolute atomic E-state index is 0.0628. The number of hydrogen-bond donors (Lipinski definition) is 1. The summed E-state index contributed by atoms with van der Waals surface area (Å²) in [5, 5.41) is 2.43. The summed E-state index contributed by atoms with van der Waals surface area (Å²) in [6.07, 6.45) is -2.04. The SMILES string of the molecule is CO[C@@H]1O[C@@H]2COC(c3ccccc3)O[C@H]2[C@@H](SC(C)=O)[C@H]1NC(C)=O. The molecule has 1 unspecified atom stereocenters. The van der Waals surface area contributed by atoms with Gasteiger partial charge in [0, 0.05) is 26.5 Å². The number of ether oxygens (including phenoxy) is 4. The third-order valence-corrected chi connectivity index (χ3v) is 5.48. The average molecular weight is 381 g/mol. The Balaban J connectivity index is 1.86. The average Bonchev–Trinajstić information content (AvgIpc) is 2.63. The first-order valence-electron chi connectivity index (χ1n) is 8.44. The van der Waals surface area contributed by atoms with Gasteiger partial charge in [-0.1, -0.05) is 42.1 Å². The molecule has 1 N–H and O–H groups in total. The van der Waals surface area contributed by atoms with Crippen LogP contribution in [0.1, 0.15) is 25.7 Å². The van der Waals surface area contributed by atoms with Crippen molar-refractivity contribution in [3.8, 4) is 0 Å². The fraction of sp³-hybridized carbons (Fsp3) is 0.556. The Kier molecular flexibility index (Phi) is 6.31. The maximum absolute atomic E-state index is 11.8. The van der Waals surface area contributed by atoms with Gasteiger partial charge in [-0.05, 0) is 0 Å². The lowest BCUT2D eigenvalue weighted by molar-refractivity contribution is -0.316. The second-order valence-corrected chi connectivity index (χ2v) is 7.61. The van der Waals surface area contributed by atoms with E-state index in [1.807, 2.05) is 30.3 Å². The van der Waals surface area contributed by atoms with Gasteiger partial charge in [0.25, 0.3) is 0 Å². The number of carbonyl (C=O) groups is 2. The molecule has 142 valence electrons. The van der Waals surface area contributed by atoms with Gasteiger partial charge in [-0.15, -0.1) is 0 Å². The van der Waals surface area contributed by atoms with Crippen molar-refractivity contribution in [3.05, 3.63) is 35.9 Å². The molecule has 0 bridgehead atoms. The number of thioether (sulfide) groups is 1. The van der Waals surface area contributed by atoms with E-state index in [2.05, 4.69) is 5.32 Å². The first kappa shape index (κ1) is 19.3. The van der Waals surface area contributed by atoms with Crippen molar-refractivity contribution in [2.75, 3.05) is 13.7 Å². The number of amides is 1. The third kappa shape index (κ3) is 4.27. The van der Waals surface area contributed by atoms with Crippen LogP contribution in [0.3, 0.4) is 0 Å². The molecule has 8 heteroatoms. The van der Waals surface area contributed by atoms with E-state index in [4.69, 9.17) is 18.9 Å². The number of fused-ring (bicyclic) bond motifs is 1. The molecule has 3 rings (SSSR count). The molecule has 1 aromatic carbocycles. The topological polar surface area (TPSA) is 83.1 Å². The van der Waals surface area contributed by atoms with E-state index < -0.39 is 24.7 Å².